The summed E-state index contributed by atoms with van der Waals surface area (Å²) in [5, 5.41) is 9.70. The van der Waals surface area contributed by atoms with Crippen LogP contribution < -0.4 is 16.0 Å². The number of carbonyl (C=O) groups is 4. The first-order valence-electron chi connectivity index (χ1n) is 10.7. The maximum Gasteiger partial charge on any atom is 0.262 e. The summed E-state index contributed by atoms with van der Waals surface area (Å²) in [6, 6.07) is 0.513. The van der Waals surface area contributed by atoms with Gasteiger partial charge in [-0.3, -0.25) is 19.2 Å². The molecule has 184 valence electrons. The first-order valence-corrected chi connectivity index (χ1v) is 11.6. The largest absolute Gasteiger partial charge is 0.382 e. The molecule has 0 spiro atoms. The molecular weight excluding hydrogens is 450 g/mol. The van der Waals surface area contributed by atoms with Crippen LogP contribution >= 0.6 is 11.3 Å². The fourth-order valence-corrected chi connectivity index (χ4v) is 3.83. The Hall–Kier alpha value is -2.34. The van der Waals surface area contributed by atoms with E-state index in [1.165, 1.54) is 25.6 Å². The van der Waals surface area contributed by atoms with Gasteiger partial charge in [-0.25, -0.2) is 0 Å². The smallest absolute Gasteiger partial charge is 0.262 e. The molecule has 2 rings (SSSR count). The maximum absolute atomic E-state index is 13.0. The van der Waals surface area contributed by atoms with Crippen LogP contribution in [0.5, 0.6) is 0 Å². The highest BCUT2D eigenvalue weighted by molar-refractivity contribution is 7.12. The lowest BCUT2D eigenvalue weighted by Gasteiger charge is -2.26. The van der Waals surface area contributed by atoms with E-state index in [0.717, 1.165) is 0 Å². The van der Waals surface area contributed by atoms with Crippen LogP contribution in [-0.2, 0) is 28.6 Å². The number of hydrogen-bond donors (Lipinski definition) is 3. The van der Waals surface area contributed by atoms with Gasteiger partial charge in [0, 0.05) is 14.2 Å². The summed E-state index contributed by atoms with van der Waals surface area (Å²) in [5.74, 6) is -1.64. The van der Waals surface area contributed by atoms with Crippen molar-refractivity contribution < 1.29 is 33.4 Å². The number of nitrogens with one attached hydrogen (secondary N) is 3. The second-order valence-electron chi connectivity index (χ2n) is 8.55. The average Bonchev–Trinajstić information content (AvgIpc) is 3.27. The van der Waals surface area contributed by atoms with E-state index >= 15 is 0 Å². The molecule has 1 aromatic heterocycles. The second kappa shape index (κ2) is 12.2. The number of ketones is 1. The Kier molecular flexibility index (Phi) is 9.96. The Morgan fingerprint density at radius 1 is 1.03 bits per heavy atom. The van der Waals surface area contributed by atoms with Crippen LogP contribution in [0.15, 0.2) is 17.5 Å². The molecule has 0 saturated carbocycles. The Labute approximate surface area is 197 Å². The van der Waals surface area contributed by atoms with Gasteiger partial charge in [0.15, 0.2) is 5.78 Å². The number of thiophene rings is 1. The van der Waals surface area contributed by atoms with Crippen LogP contribution in [0.2, 0.25) is 0 Å². The molecule has 1 aliphatic rings. The SMILES string of the molecule is COC[C@H](NC(=O)c1cccs1)C(=O)N[C@@H](COC)C(=O)N[C@@H](CC(C)C)C(=O)[C@@]1(C)CO1. The van der Waals surface area contributed by atoms with E-state index in [9.17, 15) is 19.2 Å². The van der Waals surface area contributed by atoms with Gasteiger partial charge in [0.2, 0.25) is 11.8 Å². The third-order valence-corrected chi connectivity index (χ3v) is 5.97. The highest BCUT2D eigenvalue weighted by Gasteiger charge is 2.50. The Morgan fingerprint density at radius 2 is 1.58 bits per heavy atom. The van der Waals surface area contributed by atoms with Gasteiger partial charge in [-0.2, -0.15) is 0 Å². The monoisotopic (exact) mass is 483 g/mol. The summed E-state index contributed by atoms with van der Waals surface area (Å²) in [4.78, 5) is 51.5. The first-order chi connectivity index (χ1) is 15.6. The van der Waals surface area contributed by atoms with Gasteiger partial charge in [-0.05, 0) is 30.7 Å². The van der Waals surface area contributed by atoms with Crippen LogP contribution in [-0.4, -0.2) is 81.3 Å². The summed E-state index contributed by atoms with van der Waals surface area (Å²) in [7, 11) is 2.80. The van der Waals surface area contributed by atoms with Crippen molar-refractivity contribution in [3.63, 3.8) is 0 Å². The van der Waals surface area contributed by atoms with Gasteiger partial charge in [-0.15, -0.1) is 11.3 Å². The standard InChI is InChI=1S/C22H33N3O7S/c1-13(2)9-14(18(26)22(3)12-32-22)23-19(27)15(10-30-4)24-20(28)16(11-31-5)25-21(29)17-7-6-8-33-17/h6-8,13-16H,9-12H2,1-5H3,(H,23,27)(H,24,28)(H,25,29)/t14-,15-,16-,22+/m0/s1. The zero-order valence-corrected chi connectivity index (χ0v) is 20.5. The molecule has 1 saturated heterocycles. The number of carbonyl (C=O) groups excluding carboxylic acids is 4. The number of methoxy groups -OCH3 is 2. The molecule has 1 fully saturated rings. The molecule has 3 amide bonds. The summed E-state index contributed by atoms with van der Waals surface area (Å²) < 4.78 is 15.4. The van der Waals surface area contributed by atoms with Crippen molar-refractivity contribution in [2.75, 3.05) is 34.0 Å². The highest BCUT2D eigenvalue weighted by atomic mass is 32.1. The number of Topliss-reactive ketones (excluding diaryl/α,β-unsaturated/α-hetero) is 1. The first kappa shape index (κ1) is 26.9. The maximum atomic E-state index is 13.0. The van der Waals surface area contributed by atoms with Crippen LogP contribution in [0.25, 0.3) is 0 Å². The van der Waals surface area contributed by atoms with Crippen molar-refractivity contribution >= 4 is 34.8 Å². The minimum absolute atomic E-state index is 0.0889. The van der Waals surface area contributed by atoms with Gasteiger partial charge in [0.05, 0.1) is 30.7 Å². The predicted octanol–water partition coefficient (Wildman–Crippen LogP) is 0.513. The van der Waals surface area contributed by atoms with E-state index in [4.69, 9.17) is 14.2 Å². The molecule has 10 nitrogen and oxygen atoms in total. The number of amides is 3. The topological polar surface area (TPSA) is 135 Å². The molecule has 11 heteroatoms. The second-order valence-corrected chi connectivity index (χ2v) is 9.50. The van der Waals surface area contributed by atoms with E-state index in [2.05, 4.69) is 16.0 Å². The number of rotatable bonds is 14. The molecule has 3 N–H and O–H groups in total. The van der Waals surface area contributed by atoms with Gasteiger partial charge in [0.25, 0.3) is 5.91 Å². The molecule has 1 aromatic rings. The van der Waals surface area contributed by atoms with Gasteiger partial charge in [0.1, 0.15) is 17.7 Å². The highest BCUT2D eigenvalue weighted by Crippen LogP contribution is 2.29. The van der Waals surface area contributed by atoms with Crippen molar-refractivity contribution in [3.8, 4) is 0 Å². The molecule has 0 radical (unpaired) electrons. The van der Waals surface area contributed by atoms with Gasteiger partial charge in [-0.1, -0.05) is 19.9 Å². The van der Waals surface area contributed by atoms with Crippen molar-refractivity contribution in [2.24, 2.45) is 5.92 Å². The normalized spacial score (nSPS) is 19.9. The number of ether oxygens (including phenoxy) is 3. The van der Waals surface area contributed by atoms with Gasteiger partial charge >= 0.3 is 0 Å². The van der Waals surface area contributed by atoms with E-state index in [1.54, 1.807) is 24.4 Å². The lowest BCUT2D eigenvalue weighted by atomic mass is 9.93. The van der Waals surface area contributed by atoms with Crippen molar-refractivity contribution in [1.82, 2.24) is 16.0 Å². The molecule has 0 aliphatic carbocycles. The third-order valence-electron chi connectivity index (χ3n) is 5.11. The van der Waals surface area contributed by atoms with Crippen molar-refractivity contribution in [3.05, 3.63) is 22.4 Å². The molecule has 0 unspecified atom stereocenters. The molecule has 1 aliphatic heterocycles. The minimum Gasteiger partial charge on any atom is -0.382 e. The zero-order chi connectivity index (χ0) is 24.6. The Balaban J connectivity index is 2.07. The summed E-state index contributed by atoms with van der Waals surface area (Å²) in [6.07, 6.45) is 0.431. The summed E-state index contributed by atoms with van der Waals surface area (Å²) in [5.41, 5.74) is -0.886. The lowest BCUT2D eigenvalue weighted by molar-refractivity contribution is -0.134. The van der Waals surface area contributed by atoms with E-state index in [0.29, 0.717) is 17.9 Å². The molecular formula is C22H33N3O7S. The van der Waals surface area contributed by atoms with Crippen LogP contribution in [0.1, 0.15) is 36.9 Å². The van der Waals surface area contributed by atoms with E-state index in [-0.39, 0.29) is 24.9 Å². The zero-order valence-electron chi connectivity index (χ0n) is 19.6. The number of hydrogen-bond acceptors (Lipinski definition) is 8. The molecule has 33 heavy (non-hydrogen) atoms. The molecule has 2 heterocycles. The van der Waals surface area contributed by atoms with E-state index < -0.39 is 41.4 Å². The van der Waals surface area contributed by atoms with Crippen LogP contribution in [0, 0.1) is 5.92 Å². The summed E-state index contributed by atoms with van der Waals surface area (Å²) >= 11 is 1.24. The van der Waals surface area contributed by atoms with Crippen molar-refractivity contribution in [2.45, 2.75) is 50.9 Å². The fraction of sp³-hybridized carbons (Fsp3) is 0.636. The van der Waals surface area contributed by atoms with Gasteiger partial charge < -0.3 is 30.2 Å². The third kappa shape index (κ3) is 7.88. The predicted molar refractivity (Wildman–Crippen MR) is 122 cm³/mol. The summed E-state index contributed by atoms with van der Waals surface area (Å²) in [6.45, 7) is 5.69. The Morgan fingerprint density at radius 3 is 2.03 bits per heavy atom. The van der Waals surface area contributed by atoms with Crippen LogP contribution in [0.3, 0.4) is 0 Å². The minimum atomic E-state index is -1.07. The Bertz CT molecular complexity index is 824. The molecule has 0 bridgehead atoms. The quantitative estimate of drug-likeness (QED) is 0.328. The van der Waals surface area contributed by atoms with Crippen LogP contribution in [0.4, 0.5) is 0 Å². The molecule has 0 aromatic carbocycles. The van der Waals surface area contributed by atoms with Crippen molar-refractivity contribution in [1.29, 1.82) is 0 Å². The fourth-order valence-electron chi connectivity index (χ4n) is 3.20. The average molecular weight is 484 g/mol. The lowest BCUT2D eigenvalue weighted by Crippen LogP contribution is -2.58. The van der Waals surface area contributed by atoms with E-state index in [1.807, 2.05) is 13.8 Å². The number of epoxide rings is 1. The molecule has 4 atom stereocenters.